The molecule has 1 amide bonds. The van der Waals surface area contributed by atoms with Gasteiger partial charge in [0.15, 0.2) is 0 Å². The quantitative estimate of drug-likeness (QED) is 0.610. The van der Waals surface area contributed by atoms with E-state index in [4.69, 9.17) is 4.74 Å². The van der Waals surface area contributed by atoms with Gasteiger partial charge in [-0.1, -0.05) is 18.2 Å². The molecule has 0 bridgehead atoms. The van der Waals surface area contributed by atoms with Gasteiger partial charge in [0.25, 0.3) is 5.91 Å². The van der Waals surface area contributed by atoms with Crippen molar-refractivity contribution in [3.8, 4) is 17.0 Å². The van der Waals surface area contributed by atoms with E-state index >= 15 is 0 Å². The van der Waals surface area contributed by atoms with Crippen LogP contribution in [0.5, 0.6) is 5.75 Å². The van der Waals surface area contributed by atoms with Gasteiger partial charge >= 0.3 is 0 Å². The van der Waals surface area contributed by atoms with Crippen LogP contribution >= 0.6 is 0 Å². The molecule has 1 aliphatic rings. The van der Waals surface area contributed by atoms with Gasteiger partial charge in [0, 0.05) is 23.9 Å². The molecule has 0 N–H and O–H groups in total. The van der Waals surface area contributed by atoms with Gasteiger partial charge in [-0.3, -0.25) is 9.78 Å². The second-order valence-electron chi connectivity index (χ2n) is 7.23. The van der Waals surface area contributed by atoms with E-state index in [0.717, 1.165) is 41.8 Å². The van der Waals surface area contributed by atoms with Crippen molar-refractivity contribution < 1.29 is 13.9 Å². The van der Waals surface area contributed by atoms with Crippen molar-refractivity contribution in [1.29, 1.82) is 0 Å². The number of hydrogen-bond donors (Lipinski definition) is 0. The van der Waals surface area contributed by atoms with Crippen LogP contribution in [0.4, 0.5) is 4.39 Å². The highest BCUT2D eigenvalue weighted by Crippen LogP contribution is 2.33. The van der Waals surface area contributed by atoms with Crippen LogP contribution in [0, 0.1) is 5.82 Å². The number of rotatable bonds is 4. The first-order valence-electron chi connectivity index (χ1n) is 9.82. The number of halogens is 1. The summed E-state index contributed by atoms with van der Waals surface area (Å²) in [4.78, 5) is 19.5. The maximum absolute atomic E-state index is 13.2. The highest BCUT2D eigenvalue weighted by Gasteiger charge is 2.29. The van der Waals surface area contributed by atoms with Gasteiger partial charge in [-0.2, -0.15) is 0 Å². The molecule has 2 heterocycles. The predicted octanol–water partition coefficient (Wildman–Crippen LogP) is 5.26. The minimum Gasteiger partial charge on any atom is -0.497 e. The van der Waals surface area contributed by atoms with Crippen LogP contribution < -0.4 is 4.74 Å². The maximum atomic E-state index is 13.2. The Hall–Kier alpha value is -3.21. The van der Waals surface area contributed by atoms with Gasteiger partial charge in [-0.05, 0) is 67.3 Å². The second-order valence-corrected chi connectivity index (χ2v) is 7.23. The molecule has 0 saturated carbocycles. The molecule has 1 atom stereocenters. The van der Waals surface area contributed by atoms with E-state index in [9.17, 15) is 9.18 Å². The molecule has 0 spiro atoms. The molecular formula is C24H23FN2O2. The van der Waals surface area contributed by atoms with E-state index in [1.807, 2.05) is 47.5 Å². The van der Waals surface area contributed by atoms with Crippen molar-refractivity contribution in [2.45, 2.75) is 25.3 Å². The molecule has 3 aromatic rings. The molecule has 2 aromatic carbocycles. The SMILES string of the molecule is COc1cccc(-c2ccc([C@H]3CCCCN3C(=O)c3ccc(F)cc3)cn2)c1. The summed E-state index contributed by atoms with van der Waals surface area (Å²) in [6, 6.07) is 17.6. The van der Waals surface area contributed by atoms with E-state index in [2.05, 4.69) is 4.98 Å². The molecule has 0 aliphatic carbocycles. The molecule has 5 heteroatoms. The third kappa shape index (κ3) is 4.14. The number of hydrogen-bond acceptors (Lipinski definition) is 3. The molecule has 0 radical (unpaired) electrons. The van der Waals surface area contributed by atoms with Crippen LogP contribution in [0.15, 0.2) is 66.9 Å². The fourth-order valence-corrected chi connectivity index (χ4v) is 3.84. The number of carbonyl (C=O) groups excluding carboxylic acids is 1. The normalized spacial score (nSPS) is 16.5. The Morgan fingerprint density at radius 2 is 1.93 bits per heavy atom. The number of ether oxygens (including phenoxy) is 1. The summed E-state index contributed by atoms with van der Waals surface area (Å²) in [5.41, 5.74) is 3.38. The number of nitrogens with zero attached hydrogens (tertiary/aromatic N) is 2. The lowest BCUT2D eigenvalue weighted by molar-refractivity contribution is 0.0611. The molecule has 148 valence electrons. The summed E-state index contributed by atoms with van der Waals surface area (Å²) in [5.74, 6) is 0.386. The molecule has 1 saturated heterocycles. The zero-order valence-electron chi connectivity index (χ0n) is 16.3. The van der Waals surface area contributed by atoms with E-state index in [1.165, 1.54) is 12.1 Å². The first-order chi connectivity index (χ1) is 14.2. The monoisotopic (exact) mass is 390 g/mol. The number of piperidine rings is 1. The summed E-state index contributed by atoms with van der Waals surface area (Å²) in [6.07, 6.45) is 4.79. The maximum Gasteiger partial charge on any atom is 0.254 e. The fourth-order valence-electron chi connectivity index (χ4n) is 3.84. The number of aromatic nitrogens is 1. The predicted molar refractivity (Wildman–Crippen MR) is 110 cm³/mol. The van der Waals surface area contributed by atoms with E-state index in [1.54, 1.807) is 19.2 Å². The molecular weight excluding hydrogens is 367 g/mol. The number of benzene rings is 2. The Morgan fingerprint density at radius 3 is 2.66 bits per heavy atom. The van der Waals surface area contributed by atoms with Gasteiger partial charge in [0.05, 0.1) is 18.8 Å². The molecule has 1 fully saturated rings. The summed E-state index contributed by atoms with van der Waals surface area (Å²) in [7, 11) is 1.64. The van der Waals surface area contributed by atoms with Crippen LogP contribution in [0.25, 0.3) is 11.3 Å². The van der Waals surface area contributed by atoms with Crippen molar-refractivity contribution in [1.82, 2.24) is 9.88 Å². The van der Waals surface area contributed by atoms with Crippen LogP contribution in [0.1, 0.15) is 41.2 Å². The minimum absolute atomic E-state index is 0.0202. The van der Waals surface area contributed by atoms with Crippen LogP contribution in [-0.2, 0) is 0 Å². The zero-order chi connectivity index (χ0) is 20.2. The number of amides is 1. The summed E-state index contributed by atoms with van der Waals surface area (Å²) >= 11 is 0. The van der Waals surface area contributed by atoms with Gasteiger partial charge < -0.3 is 9.64 Å². The molecule has 4 nitrogen and oxygen atoms in total. The van der Waals surface area contributed by atoms with Crippen molar-refractivity contribution >= 4 is 5.91 Å². The number of likely N-dealkylation sites (tertiary alicyclic amines) is 1. The van der Waals surface area contributed by atoms with Gasteiger partial charge in [0.2, 0.25) is 0 Å². The van der Waals surface area contributed by atoms with Gasteiger partial charge in [-0.15, -0.1) is 0 Å². The largest absolute Gasteiger partial charge is 0.497 e. The van der Waals surface area contributed by atoms with Crippen LogP contribution in [-0.4, -0.2) is 29.4 Å². The molecule has 0 unspecified atom stereocenters. The van der Waals surface area contributed by atoms with E-state index in [0.29, 0.717) is 12.1 Å². The summed E-state index contributed by atoms with van der Waals surface area (Å²) < 4.78 is 18.5. The first-order valence-corrected chi connectivity index (χ1v) is 9.82. The first kappa shape index (κ1) is 19.1. The average Bonchev–Trinajstić information content (AvgIpc) is 2.79. The number of pyridine rings is 1. The topological polar surface area (TPSA) is 42.4 Å². The van der Waals surface area contributed by atoms with Crippen molar-refractivity contribution in [2.75, 3.05) is 13.7 Å². The van der Waals surface area contributed by atoms with Crippen molar-refractivity contribution in [2.24, 2.45) is 0 Å². The number of methoxy groups -OCH3 is 1. The Balaban J connectivity index is 1.58. The van der Waals surface area contributed by atoms with Gasteiger partial charge in [-0.25, -0.2) is 4.39 Å². The smallest absolute Gasteiger partial charge is 0.254 e. The van der Waals surface area contributed by atoms with Crippen molar-refractivity contribution in [3.05, 3.63) is 83.8 Å². The molecule has 1 aromatic heterocycles. The summed E-state index contributed by atoms with van der Waals surface area (Å²) in [6.45, 7) is 0.693. The molecule has 4 rings (SSSR count). The average molecular weight is 390 g/mol. The lowest BCUT2D eigenvalue weighted by Gasteiger charge is -2.36. The third-order valence-electron chi connectivity index (χ3n) is 5.39. The minimum atomic E-state index is -0.339. The number of carbonyl (C=O) groups is 1. The Morgan fingerprint density at radius 1 is 1.10 bits per heavy atom. The zero-order valence-corrected chi connectivity index (χ0v) is 16.3. The Kier molecular flexibility index (Phi) is 5.56. The highest BCUT2D eigenvalue weighted by molar-refractivity contribution is 5.94. The van der Waals surface area contributed by atoms with E-state index in [-0.39, 0.29) is 17.8 Å². The fraction of sp³-hybridized carbons (Fsp3) is 0.250. The molecule has 29 heavy (non-hydrogen) atoms. The summed E-state index contributed by atoms with van der Waals surface area (Å²) in [5, 5.41) is 0. The third-order valence-corrected chi connectivity index (χ3v) is 5.39. The van der Waals surface area contributed by atoms with Crippen LogP contribution in [0.3, 0.4) is 0 Å². The van der Waals surface area contributed by atoms with E-state index < -0.39 is 0 Å². The molecule has 1 aliphatic heterocycles. The Labute approximate surface area is 170 Å². The lowest BCUT2D eigenvalue weighted by atomic mass is 9.95. The highest BCUT2D eigenvalue weighted by atomic mass is 19.1. The lowest BCUT2D eigenvalue weighted by Crippen LogP contribution is -2.38. The Bertz CT molecular complexity index is 987. The van der Waals surface area contributed by atoms with Crippen molar-refractivity contribution in [3.63, 3.8) is 0 Å². The standard InChI is InChI=1S/C24H23FN2O2/c1-29-21-6-4-5-18(15-21)22-13-10-19(16-26-22)23-7-2-3-14-27(23)24(28)17-8-11-20(25)12-9-17/h4-6,8-13,15-16,23H,2-3,7,14H2,1H3/t23-/m1/s1. The van der Waals surface area contributed by atoms with Gasteiger partial charge in [0.1, 0.15) is 11.6 Å². The second kappa shape index (κ2) is 8.43. The van der Waals surface area contributed by atoms with Crippen LogP contribution in [0.2, 0.25) is 0 Å².